The summed E-state index contributed by atoms with van der Waals surface area (Å²) in [5.74, 6) is 0.911. The zero-order valence-corrected chi connectivity index (χ0v) is 19.4. The molecule has 1 amide bonds. The normalized spacial score (nSPS) is 24.1. The van der Waals surface area contributed by atoms with Crippen molar-refractivity contribution in [2.45, 2.75) is 84.0 Å². The highest BCUT2D eigenvalue weighted by molar-refractivity contribution is 5.92. The van der Waals surface area contributed by atoms with Gasteiger partial charge in [0.2, 0.25) is 0 Å². The maximum Gasteiger partial charge on any atom is 0.270 e. The molecule has 31 heavy (non-hydrogen) atoms. The maximum absolute atomic E-state index is 12.7. The number of hydrogen-bond donors (Lipinski definition) is 1. The summed E-state index contributed by atoms with van der Waals surface area (Å²) in [6, 6.07) is 9.77. The van der Waals surface area contributed by atoms with Gasteiger partial charge in [-0.15, -0.1) is 0 Å². The van der Waals surface area contributed by atoms with Crippen LogP contribution in [0, 0.1) is 13.8 Å². The number of fused-ring (bicyclic) bond motifs is 2. The molecule has 0 spiro atoms. The number of methoxy groups -OCH3 is 1. The Morgan fingerprint density at radius 3 is 2.45 bits per heavy atom. The predicted molar refractivity (Wildman–Crippen MR) is 124 cm³/mol. The first kappa shape index (κ1) is 21.8. The highest BCUT2D eigenvalue weighted by Gasteiger charge is 2.43. The van der Waals surface area contributed by atoms with Gasteiger partial charge in [0.25, 0.3) is 5.91 Å². The van der Waals surface area contributed by atoms with E-state index in [1.165, 1.54) is 29.5 Å². The number of benzene rings is 1. The molecule has 2 aromatic rings. The minimum absolute atomic E-state index is 0.0461. The van der Waals surface area contributed by atoms with Crippen molar-refractivity contribution in [2.75, 3.05) is 7.11 Å². The lowest BCUT2D eigenvalue weighted by Crippen LogP contribution is -2.51. The van der Waals surface area contributed by atoms with Crippen LogP contribution in [-0.2, 0) is 6.42 Å². The topological polar surface area (TPSA) is 54.5 Å². The van der Waals surface area contributed by atoms with Crippen molar-refractivity contribution in [3.8, 4) is 5.75 Å². The summed E-state index contributed by atoms with van der Waals surface area (Å²) in [5.41, 5.74) is 5.61. The third kappa shape index (κ3) is 4.20. The minimum atomic E-state index is -0.0461. The fraction of sp³-hybridized carbons (Fsp3) is 0.538. The molecule has 0 radical (unpaired) electrons. The number of aromatic nitrogens is 1. The van der Waals surface area contributed by atoms with E-state index in [1.54, 1.807) is 7.11 Å². The molecule has 3 atom stereocenters. The molecule has 1 aromatic heterocycles. The summed E-state index contributed by atoms with van der Waals surface area (Å²) in [5, 5.41) is 3.26. The zero-order chi connectivity index (χ0) is 22.1. The maximum atomic E-state index is 12.7. The molecule has 2 aliphatic heterocycles. The number of aryl methyl sites for hydroxylation is 1. The molecule has 1 aromatic carbocycles. The van der Waals surface area contributed by atoms with E-state index in [0.29, 0.717) is 23.8 Å². The predicted octanol–water partition coefficient (Wildman–Crippen LogP) is 4.76. The van der Waals surface area contributed by atoms with Crippen molar-refractivity contribution in [3.63, 3.8) is 0 Å². The van der Waals surface area contributed by atoms with E-state index >= 15 is 0 Å². The van der Waals surface area contributed by atoms with E-state index < -0.39 is 0 Å². The van der Waals surface area contributed by atoms with Gasteiger partial charge in [-0.3, -0.25) is 14.7 Å². The molecule has 3 unspecified atom stereocenters. The van der Waals surface area contributed by atoms with Crippen LogP contribution in [-0.4, -0.2) is 41.0 Å². The molecule has 1 N–H and O–H groups in total. The second kappa shape index (κ2) is 8.99. The molecule has 0 saturated carbocycles. The van der Waals surface area contributed by atoms with Crippen LogP contribution in [0.25, 0.3) is 0 Å². The zero-order valence-electron chi connectivity index (χ0n) is 19.4. The number of piperidine rings is 1. The lowest BCUT2D eigenvalue weighted by molar-refractivity contribution is 0.0687. The van der Waals surface area contributed by atoms with E-state index in [1.807, 2.05) is 18.3 Å². The lowest BCUT2D eigenvalue weighted by Gasteiger charge is -2.43. The molecule has 2 bridgehead atoms. The van der Waals surface area contributed by atoms with Crippen molar-refractivity contribution in [1.82, 2.24) is 15.2 Å². The smallest absolute Gasteiger partial charge is 0.270 e. The summed E-state index contributed by atoms with van der Waals surface area (Å²) in [7, 11) is 1.73. The van der Waals surface area contributed by atoms with Gasteiger partial charge in [-0.2, -0.15) is 0 Å². The fourth-order valence-corrected chi connectivity index (χ4v) is 5.64. The van der Waals surface area contributed by atoms with Crippen LogP contribution in [0.5, 0.6) is 5.75 Å². The van der Waals surface area contributed by atoms with E-state index in [0.717, 1.165) is 30.6 Å². The van der Waals surface area contributed by atoms with E-state index in [4.69, 9.17) is 4.74 Å². The van der Waals surface area contributed by atoms with Gasteiger partial charge in [0, 0.05) is 30.4 Å². The summed E-state index contributed by atoms with van der Waals surface area (Å²) in [6.45, 7) is 8.77. The molecular formula is C26H35N3O2. The SMILES string of the molecule is CCc1ccc(C(=O)NC2CC3CCC(C2)N3C(C)c2ccc(OC)c(C)c2C)nc1. The van der Waals surface area contributed by atoms with Gasteiger partial charge in [0.1, 0.15) is 11.4 Å². The summed E-state index contributed by atoms with van der Waals surface area (Å²) in [6.07, 6.45) is 7.17. The number of ether oxygens (including phenoxy) is 1. The van der Waals surface area contributed by atoms with Crippen molar-refractivity contribution < 1.29 is 9.53 Å². The molecule has 3 heterocycles. The van der Waals surface area contributed by atoms with Gasteiger partial charge in [0.15, 0.2) is 0 Å². The van der Waals surface area contributed by atoms with Crippen LogP contribution >= 0.6 is 0 Å². The Kier molecular flexibility index (Phi) is 6.33. The number of nitrogens with one attached hydrogen (secondary N) is 1. The van der Waals surface area contributed by atoms with Gasteiger partial charge >= 0.3 is 0 Å². The number of nitrogens with zero attached hydrogens (tertiary/aromatic N) is 2. The van der Waals surface area contributed by atoms with Gasteiger partial charge in [-0.25, -0.2) is 0 Å². The third-order valence-corrected chi connectivity index (χ3v) is 7.49. The Morgan fingerprint density at radius 1 is 1.16 bits per heavy atom. The number of rotatable bonds is 6. The number of carbonyl (C=O) groups excluding carboxylic acids is 1. The number of pyridine rings is 1. The van der Waals surface area contributed by atoms with Crippen LogP contribution in [0.2, 0.25) is 0 Å². The standard InChI is InChI=1S/C26H35N3O2/c1-6-19-7-11-24(27-15-19)26(30)28-20-13-21-8-9-22(14-20)29(21)18(4)23-10-12-25(31-5)17(3)16(23)2/h7,10-12,15,18,20-22H,6,8-9,13-14H2,1-5H3,(H,28,30). The molecule has 5 nitrogen and oxygen atoms in total. The average Bonchev–Trinajstić information content (AvgIpc) is 3.05. The van der Waals surface area contributed by atoms with Crippen molar-refractivity contribution in [2.24, 2.45) is 0 Å². The van der Waals surface area contributed by atoms with Gasteiger partial charge in [-0.05, 0) is 87.3 Å². The van der Waals surface area contributed by atoms with Crippen molar-refractivity contribution in [3.05, 3.63) is 58.4 Å². The Morgan fingerprint density at radius 2 is 1.87 bits per heavy atom. The van der Waals surface area contributed by atoms with Gasteiger partial charge in [-0.1, -0.05) is 19.1 Å². The molecule has 5 heteroatoms. The summed E-state index contributed by atoms with van der Waals surface area (Å²) >= 11 is 0. The third-order valence-electron chi connectivity index (χ3n) is 7.49. The second-order valence-corrected chi connectivity index (χ2v) is 9.16. The number of amides is 1. The van der Waals surface area contributed by atoms with Crippen LogP contribution < -0.4 is 10.1 Å². The highest BCUT2D eigenvalue weighted by Crippen LogP contribution is 2.43. The molecule has 166 valence electrons. The molecular weight excluding hydrogens is 386 g/mol. The Labute approximate surface area is 186 Å². The molecule has 2 fully saturated rings. The van der Waals surface area contributed by atoms with E-state index in [9.17, 15) is 4.79 Å². The second-order valence-electron chi connectivity index (χ2n) is 9.16. The van der Waals surface area contributed by atoms with E-state index in [2.05, 4.69) is 55.0 Å². The van der Waals surface area contributed by atoms with Crippen molar-refractivity contribution >= 4 is 5.91 Å². The fourth-order valence-electron chi connectivity index (χ4n) is 5.64. The average molecular weight is 422 g/mol. The van der Waals surface area contributed by atoms with Crippen molar-refractivity contribution in [1.29, 1.82) is 0 Å². The monoisotopic (exact) mass is 421 g/mol. The van der Waals surface area contributed by atoms with Crippen LogP contribution in [0.3, 0.4) is 0 Å². The molecule has 2 saturated heterocycles. The Hall–Kier alpha value is -2.40. The van der Waals surface area contributed by atoms with Crippen LogP contribution in [0.1, 0.15) is 78.3 Å². The van der Waals surface area contributed by atoms with Gasteiger partial charge < -0.3 is 10.1 Å². The first-order chi connectivity index (χ1) is 14.9. The van der Waals surface area contributed by atoms with E-state index in [-0.39, 0.29) is 11.9 Å². The first-order valence-electron chi connectivity index (χ1n) is 11.6. The minimum Gasteiger partial charge on any atom is -0.496 e. The molecule has 4 rings (SSSR count). The lowest BCUT2D eigenvalue weighted by atomic mass is 9.91. The Bertz CT molecular complexity index is 926. The number of hydrogen-bond acceptors (Lipinski definition) is 4. The quantitative estimate of drug-likeness (QED) is 0.731. The number of carbonyl (C=O) groups is 1. The summed E-state index contributed by atoms with van der Waals surface area (Å²) < 4.78 is 5.50. The first-order valence-corrected chi connectivity index (χ1v) is 11.6. The van der Waals surface area contributed by atoms with Gasteiger partial charge in [0.05, 0.1) is 7.11 Å². The van der Waals surface area contributed by atoms with Crippen LogP contribution in [0.15, 0.2) is 30.5 Å². The Balaban J connectivity index is 1.44. The highest BCUT2D eigenvalue weighted by atomic mass is 16.5. The molecule has 0 aliphatic carbocycles. The summed E-state index contributed by atoms with van der Waals surface area (Å²) in [4.78, 5) is 19.8. The molecule has 2 aliphatic rings. The van der Waals surface area contributed by atoms with Crippen LogP contribution in [0.4, 0.5) is 0 Å². The largest absolute Gasteiger partial charge is 0.496 e.